The SMILES string of the molecule is CCC(C)N(C)CCNC(=O)OCc1ccccc1. The van der Waals surface area contributed by atoms with Crippen molar-refractivity contribution in [2.24, 2.45) is 0 Å². The second-order valence-corrected chi connectivity index (χ2v) is 4.73. The van der Waals surface area contributed by atoms with Gasteiger partial charge in [0.05, 0.1) is 0 Å². The fourth-order valence-electron chi connectivity index (χ4n) is 1.64. The molecule has 1 unspecified atom stereocenters. The first-order valence-electron chi connectivity index (χ1n) is 6.78. The monoisotopic (exact) mass is 264 g/mol. The third-order valence-electron chi connectivity index (χ3n) is 3.29. The van der Waals surface area contributed by atoms with E-state index in [2.05, 4.69) is 31.1 Å². The summed E-state index contributed by atoms with van der Waals surface area (Å²) in [6.07, 6.45) is 0.746. The summed E-state index contributed by atoms with van der Waals surface area (Å²) in [4.78, 5) is 13.7. The van der Waals surface area contributed by atoms with Crippen LogP contribution in [0.3, 0.4) is 0 Å². The van der Waals surface area contributed by atoms with Crippen molar-refractivity contribution in [2.75, 3.05) is 20.1 Å². The molecule has 19 heavy (non-hydrogen) atoms. The first-order chi connectivity index (χ1) is 9.13. The van der Waals surface area contributed by atoms with E-state index in [1.165, 1.54) is 0 Å². The van der Waals surface area contributed by atoms with Crippen molar-refractivity contribution in [2.45, 2.75) is 32.9 Å². The van der Waals surface area contributed by atoms with Crippen LogP contribution in [0.2, 0.25) is 0 Å². The van der Waals surface area contributed by atoms with E-state index in [-0.39, 0.29) is 6.09 Å². The number of carbonyl (C=O) groups excluding carboxylic acids is 1. The number of nitrogens with one attached hydrogen (secondary N) is 1. The summed E-state index contributed by atoms with van der Waals surface area (Å²) >= 11 is 0. The summed E-state index contributed by atoms with van der Waals surface area (Å²) in [5, 5.41) is 2.76. The first-order valence-corrected chi connectivity index (χ1v) is 6.78. The lowest BCUT2D eigenvalue weighted by Gasteiger charge is -2.23. The Hall–Kier alpha value is -1.55. The molecule has 0 saturated heterocycles. The van der Waals surface area contributed by atoms with E-state index >= 15 is 0 Å². The quantitative estimate of drug-likeness (QED) is 0.823. The van der Waals surface area contributed by atoms with E-state index in [4.69, 9.17) is 4.74 Å². The van der Waals surface area contributed by atoms with Crippen LogP contribution in [0.5, 0.6) is 0 Å². The maximum atomic E-state index is 11.5. The summed E-state index contributed by atoms with van der Waals surface area (Å²) in [5.74, 6) is 0. The van der Waals surface area contributed by atoms with Gasteiger partial charge in [0.1, 0.15) is 6.61 Å². The van der Waals surface area contributed by atoms with Crippen molar-refractivity contribution in [3.05, 3.63) is 35.9 Å². The molecule has 0 aliphatic heterocycles. The molecule has 1 rings (SSSR count). The molecule has 0 radical (unpaired) electrons. The van der Waals surface area contributed by atoms with Gasteiger partial charge in [-0.05, 0) is 26.0 Å². The Morgan fingerprint density at radius 3 is 2.68 bits per heavy atom. The topological polar surface area (TPSA) is 41.6 Å². The Morgan fingerprint density at radius 2 is 2.05 bits per heavy atom. The summed E-state index contributed by atoms with van der Waals surface area (Å²) in [6, 6.07) is 10.2. The molecular weight excluding hydrogens is 240 g/mol. The Bertz CT molecular complexity index is 368. The van der Waals surface area contributed by atoms with Crippen LogP contribution < -0.4 is 5.32 Å². The second kappa shape index (κ2) is 8.53. The van der Waals surface area contributed by atoms with Gasteiger partial charge in [-0.1, -0.05) is 37.3 Å². The predicted molar refractivity (Wildman–Crippen MR) is 77.0 cm³/mol. The molecule has 106 valence electrons. The second-order valence-electron chi connectivity index (χ2n) is 4.73. The fraction of sp³-hybridized carbons (Fsp3) is 0.533. The highest BCUT2D eigenvalue weighted by molar-refractivity contribution is 5.67. The van der Waals surface area contributed by atoms with Gasteiger partial charge in [-0.25, -0.2) is 4.79 Å². The minimum Gasteiger partial charge on any atom is -0.445 e. The largest absolute Gasteiger partial charge is 0.445 e. The molecule has 1 N–H and O–H groups in total. The zero-order valence-corrected chi connectivity index (χ0v) is 12.1. The Labute approximate surface area is 115 Å². The number of amides is 1. The van der Waals surface area contributed by atoms with Crippen molar-refractivity contribution in [3.8, 4) is 0 Å². The van der Waals surface area contributed by atoms with E-state index in [0.717, 1.165) is 18.5 Å². The Balaban J connectivity index is 2.15. The van der Waals surface area contributed by atoms with Crippen LogP contribution in [0.25, 0.3) is 0 Å². The number of hydrogen-bond acceptors (Lipinski definition) is 3. The summed E-state index contributed by atoms with van der Waals surface area (Å²) < 4.78 is 5.13. The average Bonchev–Trinajstić information content (AvgIpc) is 2.45. The molecule has 0 bridgehead atoms. The number of alkyl carbamates (subject to hydrolysis) is 1. The van der Waals surface area contributed by atoms with Gasteiger partial charge in [-0.2, -0.15) is 0 Å². The van der Waals surface area contributed by atoms with E-state index in [1.54, 1.807) is 0 Å². The lowest BCUT2D eigenvalue weighted by Crippen LogP contribution is -2.37. The van der Waals surface area contributed by atoms with Gasteiger partial charge in [0.15, 0.2) is 0 Å². The molecule has 1 amide bonds. The van der Waals surface area contributed by atoms with Crippen LogP contribution in [-0.4, -0.2) is 37.2 Å². The van der Waals surface area contributed by atoms with Gasteiger partial charge in [0.2, 0.25) is 0 Å². The van der Waals surface area contributed by atoms with E-state index < -0.39 is 0 Å². The standard InChI is InChI=1S/C15H24N2O2/c1-4-13(2)17(3)11-10-16-15(18)19-12-14-8-6-5-7-9-14/h5-9,13H,4,10-12H2,1-3H3,(H,16,18). The van der Waals surface area contributed by atoms with Crippen LogP contribution in [-0.2, 0) is 11.3 Å². The zero-order chi connectivity index (χ0) is 14.1. The highest BCUT2D eigenvalue weighted by Crippen LogP contribution is 2.01. The molecule has 0 aliphatic carbocycles. The predicted octanol–water partition coefficient (Wildman–Crippen LogP) is 2.64. The van der Waals surface area contributed by atoms with Gasteiger partial charge < -0.3 is 15.0 Å². The molecule has 1 aromatic carbocycles. The average molecular weight is 264 g/mol. The van der Waals surface area contributed by atoms with Crippen molar-refractivity contribution in [1.82, 2.24) is 10.2 Å². The number of rotatable bonds is 7. The third-order valence-corrected chi connectivity index (χ3v) is 3.29. The van der Waals surface area contributed by atoms with Gasteiger partial charge in [0, 0.05) is 19.1 Å². The molecule has 0 fully saturated rings. The highest BCUT2D eigenvalue weighted by atomic mass is 16.5. The summed E-state index contributed by atoms with van der Waals surface area (Å²) in [7, 11) is 2.06. The third kappa shape index (κ3) is 6.25. The maximum absolute atomic E-state index is 11.5. The minimum atomic E-state index is -0.360. The molecule has 4 nitrogen and oxygen atoms in total. The summed E-state index contributed by atoms with van der Waals surface area (Å²) in [6.45, 7) is 6.08. The van der Waals surface area contributed by atoms with Crippen LogP contribution in [0.4, 0.5) is 4.79 Å². The van der Waals surface area contributed by atoms with Crippen LogP contribution in [0.15, 0.2) is 30.3 Å². The molecule has 1 aromatic rings. The lowest BCUT2D eigenvalue weighted by molar-refractivity contribution is 0.137. The van der Waals surface area contributed by atoms with E-state index in [0.29, 0.717) is 19.2 Å². The number of benzene rings is 1. The molecule has 4 heteroatoms. The molecular formula is C15H24N2O2. The van der Waals surface area contributed by atoms with Crippen LogP contribution in [0.1, 0.15) is 25.8 Å². The normalized spacial score (nSPS) is 12.2. The fourth-order valence-corrected chi connectivity index (χ4v) is 1.64. The van der Waals surface area contributed by atoms with Crippen LogP contribution >= 0.6 is 0 Å². The molecule has 1 atom stereocenters. The number of likely N-dealkylation sites (N-methyl/N-ethyl adjacent to an activating group) is 1. The van der Waals surface area contributed by atoms with E-state index in [1.807, 2.05) is 30.3 Å². The number of carbonyl (C=O) groups is 1. The van der Waals surface area contributed by atoms with Gasteiger partial charge >= 0.3 is 6.09 Å². The smallest absolute Gasteiger partial charge is 0.407 e. The minimum absolute atomic E-state index is 0.313. The molecule has 0 heterocycles. The molecule has 0 aromatic heterocycles. The van der Waals surface area contributed by atoms with Gasteiger partial charge in [-0.3, -0.25) is 0 Å². The Kier molecular flexibility index (Phi) is 6.97. The van der Waals surface area contributed by atoms with Crippen LogP contribution in [0, 0.1) is 0 Å². The number of nitrogens with zero attached hydrogens (tertiary/aromatic N) is 1. The molecule has 0 spiro atoms. The van der Waals surface area contributed by atoms with E-state index in [9.17, 15) is 4.79 Å². The van der Waals surface area contributed by atoms with Crippen molar-refractivity contribution >= 4 is 6.09 Å². The first kappa shape index (κ1) is 15.5. The Morgan fingerprint density at radius 1 is 1.37 bits per heavy atom. The van der Waals surface area contributed by atoms with Gasteiger partial charge in [0.25, 0.3) is 0 Å². The molecule has 0 saturated carbocycles. The highest BCUT2D eigenvalue weighted by Gasteiger charge is 2.07. The van der Waals surface area contributed by atoms with Crippen molar-refractivity contribution in [3.63, 3.8) is 0 Å². The van der Waals surface area contributed by atoms with Crippen molar-refractivity contribution in [1.29, 1.82) is 0 Å². The molecule has 0 aliphatic rings. The van der Waals surface area contributed by atoms with Crippen molar-refractivity contribution < 1.29 is 9.53 Å². The maximum Gasteiger partial charge on any atom is 0.407 e. The zero-order valence-electron chi connectivity index (χ0n) is 12.1. The number of hydrogen-bond donors (Lipinski definition) is 1. The summed E-state index contributed by atoms with van der Waals surface area (Å²) in [5.41, 5.74) is 0.995. The number of ether oxygens (including phenoxy) is 1. The van der Waals surface area contributed by atoms with Gasteiger partial charge in [-0.15, -0.1) is 0 Å². The lowest BCUT2D eigenvalue weighted by atomic mass is 10.2.